The minimum Gasteiger partial charge on any atom is -1.00 e. The smallest absolute Gasteiger partial charge is 0.243 e. The second-order valence-electron chi connectivity index (χ2n) is 2.07. The average Bonchev–Trinajstić information content (AvgIpc) is 2.34. The lowest BCUT2D eigenvalue weighted by molar-refractivity contribution is -0.693. The summed E-state index contributed by atoms with van der Waals surface area (Å²) in [6.07, 6.45) is 6.28. The molecule has 1 aromatic rings. The van der Waals surface area contributed by atoms with E-state index in [4.69, 9.17) is 0 Å². The number of rotatable bonds is 2. The first kappa shape index (κ1) is 9.14. The Kier molecular flexibility index (Phi) is 3.69. The lowest BCUT2D eigenvalue weighted by Gasteiger charge is -1.84. The third kappa shape index (κ3) is 1.83. The fourth-order valence-electron chi connectivity index (χ4n) is 0.813. The van der Waals surface area contributed by atoms with Gasteiger partial charge < -0.3 is 4.70 Å². The molecule has 0 saturated heterocycles. The molecular weight excluding hydrogens is 131 g/mol. The van der Waals surface area contributed by atoms with Crippen molar-refractivity contribution in [1.29, 1.82) is 0 Å². The number of imidazole rings is 1. The summed E-state index contributed by atoms with van der Waals surface area (Å²) in [5.74, 6) is 0. The van der Waals surface area contributed by atoms with Gasteiger partial charge in [0.25, 0.3) is 0 Å². The van der Waals surface area contributed by atoms with Gasteiger partial charge in [0, 0.05) is 0 Å². The Morgan fingerprint density at radius 2 is 2.10 bits per heavy atom. The van der Waals surface area contributed by atoms with Crippen LogP contribution in [0, 0.1) is 0 Å². The minimum atomic E-state index is 0. The van der Waals surface area contributed by atoms with Gasteiger partial charge in [0.15, 0.2) is 0 Å². The molecule has 1 rings (SSSR count). The summed E-state index contributed by atoms with van der Waals surface area (Å²) < 4.78 is 4.31. The molecule has 1 aromatic heterocycles. The fraction of sp³-hybridized carbons (Fsp3) is 0.571. The summed E-state index contributed by atoms with van der Waals surface area (Å²) in [6, 6.07) is 0. The Hall–Kier alpha value is -0.860. The second-order valence-corrected chi connectivity index (χ2v) is 2.07. The second kappa shape index (κ2) is 4.04. The SMILES string of the molecule is CCn1cc[n+](CC)c1.[F-]. The van der Waals surface area contributed by atoms with Crippen molar-refractivity contribution in [3.05, 3.63) is 18.7 Å². The van der Waals surface area contributed by atoms with E-state index in [0.717, 1.165) is 13.1 Å². The van der Waals surface area contributed by atoms with Gasteiger partial charge in [-0.2, -0.15) is 0 Å². The summed E-state index contributed by atoms with van der Waals surface area (Å²) in [7, 11) is 0. The molecule has 3 heteroatoms. The molecule has 10 heavy (non-hydrogen) atoms. The molecular formula is C7H13FN2. The van der Waals surface area contributed by atoms with Crippen LogP contribution in [0.25, 0.3) is 0 Å². The predicted octanol–water partition coefficient (Wildman–Crippen LogP) is -2.18. The van der Waals surface area contributed by atoms with Crippen LogP contribution in [-0.4, -0.2) is 4.57 Å². The molecule has 0 atom stereocenters. The first-order valence-electron chi connectivity index (χ1n) is 3.41. The van der Waals surface area contributed by atoms with Gasteiger partial charge in [0.1, 0.15) is 12.4 Å². The summed E-state index contributed by atoms with van der Waals surface area (Å²) >= 11 is 0. The van der Waals surface area contributed by atoms with E-state index < -0.39 is 0 Å². The van der Waals surface area contributed by atoms with Crippen molar-refractivity contribution in [2.45, 2.75) is 26.9 Å². The van der Waals surface area contributed by atoms with Crippen LogP contribution in [0.5, 0.6) is 0 Å². The van der Waals surface area contributed by atoms with Gasteiger partial charge in [-0.05, 0) is 13.8 Å². The van der Waals surface area contributed by atoms with E-state index >= 15 is 0 Å². The highest BCUT2D eigenvalue weighted by molar-refractivity contribution is 4.64. The monoisotopic (exact) mass is 144 g/mol. The third-order valence-electron chi connectivity index (χ3n) is 1.48. The molecule has 0 spiro atoms. The maximum atomic E-state index is 2.16. The van der Waals surface area contributed by atoms with E-state index in [9.17, 15) is 0 Å². The highest BCUT2D eigenvalue weighted by atomic mass is 19.0. The molecule has 58 valence electrons. The van der Waals surface area contributed by atoms with Crippen LogP contribution in [0.4, 0.5) is 0 Å². The van der Waals surface area contributed by atoms with E-state index in [1.54, 1.807) is 0 Å². The van der Waals surface area contributed by atoms with Crippen LogP contribution < -0.4 is 9.27 Å². The zero-order chi connectivity index (χ0) is 6.69. The number of aryl methyl sites for hydroxylation is 2. The first-order valence-corrected chi connectivity index (χ1v) is 3.41. The van der Waals surface area contributed by atoms with E-state index in [1.165, 1.54) is 0 Å². The summed E-state index contributed by atoms with van der Waals surface area (Å²) in [5, 5.41) is 0. The zero-order valence-corrected chi connectivity index (χ0v) is 6.42. The number of hydrogen-bond donors (Lipinski definition) is 0. The van der Waals surface area contributed by atoms with Crippen LogP contribution in [0.1, 0.15) is 13.8 Å². The van der Waals surface area contributed by atoms with Crippen LogP contribution in [0.3, 0.4) is 0 Å². The highest BCUT2D eigenvalue weighted by Gasteiger charge is 1.95. The average molecular weight is 144 g/mol. The molecule has 0 N–H and O–H groups in total. The summed E-state index contributed by atoms with van der Waals surface area (Å²) in [4.78, 5) is 0. The molecule has 0 amide bonds. The minimum absolute atomic E-state index is 0. The Balaban J connectivity index is 0.000000810. The zero-order valence-electron chi connectivity index (χ0n) is 6.42. The van der Waals surface area contributed by atoms with Crippen molar-refractivity contribution in [1.82, 2.24) is 4.57 Å². The molecule has 0 fully saturated rings. The van der Waals surface area contributed by atoms with Gasteiger partial charge in [-0.15, -0.1) is 0 Å². The van der Waals surface area contributed by atoms with E-state index in [-0.39, 0.29) is 4.70 Å². The van der Waals surface area contributed by atoms with Crippen LogP contribution >= 0.6 is 0 Å². The largest absolute Gasteiger partial charge is 1.00 e. The van der Waals surface area contributed by atoms with Gasteiger partial charge >= 0.3 is 0 Å². The quantitative estimate of drug-likeness (QED) is 0.417. The molecule has 0 aromatic carbocycles. The van der Waals surface area contributed by atoms with E-state index in [2.05, 4.69) is 41.7 Å². The Morgan fingerprint density at radius 3 is 2.40 bits per heavy atom. The topological polar surface area (TPSA) is 8.81 Å². The standard InChI is InChI=1S/C7H13N2.FH/c1-3-8-5-6-9(4-2)7-8;/h5-7H,3-4H2,1-2H3;1H/q+1;/p-1. The molecule has 0 unspecified atom stereocenters. The van der Waals surface area contributed by atoms with Crippen molar-refractivity contribution in [3.63, 3.8) is 0 Å². The number of aromatic nitrogens is 2. The normalized spacial score (nSPS) is 9.00. The van der Waals surface area contributed by atoms with Gasteiger partial charge in [-0.25, -0.2) is 9.13 Å². The molecule has 0 bridgehead atoms. The summed E-state index contributed by atoms with van der Waals surface area (Å²) in [5.41, 5.74) is 0. The highest BCUT2D eigenvalue weighted by Crippen LogP contribution is 1.81. The van der Waals surface area contributed by atoms with Gasteiger partial charge in [-0.1, -0.05) is 0 Å². The van der Waals surface area contributed by atoms with Gasteiger partial charge in [-0.3, -0.25) is 0 Å². The Labute approximate surface area is 60.5 Å². The van der Waals surface area contributed by atoms with Crippen LogP contribution in [-0.2, 0) is 13.1 Å². The van der Waals surface area contributed by atoms with Gasteiger partial charge in [0.05, 0.1) is 13.1 Å². The lowest BCUT2D eigenvalue weighted by atomic mass is 10.7. The number of hydrogen-bond acceptors (Lipinski definition) is 0. The maximum absolute atomic E-state index is 2.16. The predicted molar refractivity (Wildman–Crippen MR) is 36.0 cm³/mol. The Bertz CT molecular complexity index is 165. The molecule has 0 aliphatic carbocycles. The summed E-state index contributed by atoms with van der Waals surface area (Å²) in [6.45, 7) is 6.40. The van der Waals surface area contributed by atoms with E-state index in [0.29, 0.717) is 0 Å². The molecule has 2 nitrogen and oxygen atoms in total. The fourth-order valence-corrected chi connectivity index (χ4v) is 0.813. The van der Waals surface area contributed by atoms with Crippen LogP contribution in [0.2, 0.25) is 0 Å². The van der Waals surface area contributed by atoms with E-state index in [1.807, 2.05) is 0 Å². The van der Waals surface area contributed by atoms with Crippen molar-refractivity contribution in [2.24, 2.45) is 0 Å². The molecule has 1 heterocycles. The van der Waals surface area contributed by atoms with Crippen molar-refractivity contribution in [3.8, 4) is 0 Å². The molecule has 0 radical (unpaired) electrons. The maximum Gasteiger partial charge on any atom is 0.243 e. The Morgan fingerprint density at radius 1 is 1.40 bits per heavy atom. The molecule has 0 aliphatic rings. The molecule has 0 saturated carbocycles. The van der Waals surface area contributed by atoms with Crippen molar-refractivity contribution in [2.75, 3.05) is 0 Å². The first-order chi connectivity index (χ1) is 4.36. The third-order valence-corrected chi connectivity index (χ3v) is 1.48. The number of halogens is 1. The van der Waals surface area contributed by atoms with Gasteiger partial charge in [0.2, 0.25) is 6.33 Å². The lowest BCUT2D eigenvalue weighted by Crippen LogP contribution is -3.00. The van der Waals surface area contributed by atoms with Crippen LogP contribution in [0.15, 0.2) is 18.7 Å². The molecule has 0 aliphatic heterocycles. The van der Waals surface area contributed by atoms with Crippen molar-refractivity contribution < 1.29 is 9.27 Å². The van der Waals surface area contributed by atoms with Crippen molar-refractivity contribution >= 4 is 0 Å². The number of nitrogens with zero attached hydrogens (tertiary/aromatic N) is 2.